The highest BCUT2D eigenvalue weighted by atomic mass is 16.5. The molecule has 2 bridgehead atoms. The Kier molecular flexibility index (Phi) is 6.10. The highest BCUT2D eigenvalue weighted by Gasteiger charge is 2.32. The number of methoxy groups -OCH3 is 1. The van der Waals surface area contributed by atoms with Crippen LogP contribution in [0.1, 0.15) is 47.8 Å². The van der Waals surface area contributed by atoms with Crippen molar-refractivity contribution in [2.24, 2.45) is 0 Å². The first-order chi connectivity index (χ1) is 20.6. The van der Waals surface area contributed by atoms with Crippen molar-refractivity contribution in [1.29, 1.82) is 0 Å². The topological polar surface area (TPSA) is 60.4 Å². The fraction of sp³-hybridized carbons (Fsp3) is 0.0263. The molecule has 0 N–H and O–H groups in total. The van der Waals surface area contributed by atoms with Gasteiger partial charge in [-0.1, -0.05) is 127 Å². The monoisotopic (exact) mass is 544 g/mol. The van der Waals surface area contributed by atoms with Crippen molar-refractivity contribution >= 4 is 49.7 Å². The first-order valence-corrected chi connectivity index (χ1v) is 13.7. The average Bonchev–Trinajstić information content (AvgIpc) is 3.07. The van der Waals surface area contributed by atoms with E-state index in [-0.39, 0.29) is 17.3 Å². The number of carbonyl (C=O) groups excluding carboxylic acids is 3. The van der Waals surface area contributed by atoms with E-state index in [1.165, 1.54) is 0 Å². The maximum absolute atomic E-state index is 14.3. The van der Waals surface area contributed by atoms with Gasteiger partial charge in [0.15, 0.2) is 17.3 Å². The molecule has 8 aromatic carbocycles. The van der Waals surface area contributed by atoms with Crippen molar-refractivity contribution in [2.75, 3.05) is 7.11 Å². The summed E-state index contributed by atoms with van der Waals surface area (Å²) in [7, 11) is 1.59. The number of hydrogen-bond acceptors (Lipinski definition) is 4. The summed E-state index contributed by atoms with van der Waals surface area (Å²) >= 11 is 0. The number of hydrogen-bond donors (Lipinski definition) is 0. The van der Waals surface area contributed by atoms with Crippen LogP contribution in [0.3, 0.4) is 0 Å². The van der Waals surface area contributed by atoms with E-state index in [1.807, 2.05) is 66.7 Å². The number of ether oxygens (including phenoxy) is 1. The zero-order chi connectivity index (χ0) is 28.8. The third-order valence-corrected chi connectivity index (χ3v) is 7.91. The van der Waals surface area contributed by atoms with Gasteiger partial charge in [-0.3, -0.25) is 14.4 Å². The summed E-state index contributed by atoms with van der Waals surface area (Å²) in [5.74, 6) is -0.139. The number of carbonyl (C=O) groups is 3. The molecule has 0 amide bonds. The zero-order valence-electron chi connectivity index (χ0n) is 22.8. The van der Waals surface area contributed by atoms with Crippen molar-refractivity contribution in [3.8, 4) is 5.75 Å². The van der Waals surface area contributed by atoms with Gasteiger partial charge in [-0.15, -0.1) is 0 Å². The Balaban J connectivity index is 1.69. The van der Waals surface area contributed by atoms with Crippen LogP contribution >= 0.6 is 0 Å². The molecule has 0 fully saturated rings. The molecule has 0 heterocycles. The average molecular weight is 545 g/mol. The van der Waals surface area contributed by atoms with Crippen molar-refractivity contribution in [3.05, 3.63) is 161 Å². The lowest BCUT2D eigenvalue weighted by molar-refractivity contribution is 0.101. The van der Waals surface area contributed by atoms with Gasteiger partial charge in [0.2, 0.25) is 0 Å². The molecule has 0 aliphatic heterocycles. The third kappa shape index (κ3) is 3.80. The fourth-order valence-corrected chi connectivity index (χ4v) is 6.07. The quantitative estimate of drug-likeness (QED) is 0.150. The maximum Gasteiger partial charge on any atom is 0.194 e. The maximum atomic E-state index is 14.3. The van der Waals surface area contributed by atoms with Gasteiger partial charge < -0.3 is 4.74 Å². The van der Waals surface area contributed by atoms with Gasteiger partial charge in [0, 0.05) is 49.5 Å². The summed E-state index contributed by atoms with van der Waals surface area (Å²) in [4.78, 5) is 42.9. The van der Waals surface area contributed by atoms with Crippen LogP contribution in [0.25, 0.3) is 32.3 Å². The number of rotatable bonds is 7. The highest BCUT2D eigenvalue weighted by molar-refractivity contribution is 6.39. The minimum absolute atomic E-state index is 0.165. The van der Waals surface area contributed by atoms with Crippen LogP contribution in [-0.2, 0) is 0 Å². The van der Waals surface area contributed by atoms with E-state index in [0.717, 1.165) is 10.8 Å². The molecule has 8 aromatic rings. The summed E-state index contributed by atoms with van der Waals surface area (Å²) in [5.41, 5.74) is 2.55. The lowest BCUT2D eigenvalue weighted by Gasteiger charge is -2.23. The van der Waals surface area contributed by atoms with Gasteiger partial charge in [0.25, 0.3) is 0 Å². The molecule has 0 saturated carbocycles. The SMILES string of the molecule is COc1c2ccccc2c(C(=O)c2ccccc2)c2c3ccc(c(C(=O)c4ccccc4)c3C(=O)c3ccccc3)c12. The van der Waals surface area contributed by atoms with Crippen LogP contribution in [0.2, 0.25) is 0 Å². The van der Waals surface area contributed by atoms with Gasteiger partial charge in [-0.2, -0.15) is 0 Å². The predicted molar refractivity (Wildman–Crippen MR) is 166 cm³/mol. The predicted octanol–water partition coefficient (Wildman–Crippen LogP) is 8.29. The molecule has 4 heteroatoms. The van der Waals surface area contributed by atoms with Crippen molar-refractivity contribution in [2.45, 2.75) is 0 Å². The minimum atomic E-state index is -0.275. The Hall–Kier alpha value is -5.61. The molecule has 0 aliphatic carbocycles. The summed E-state index contributed by atoms with van der Waals surface area (Å²) in [6.07, 6.45) is 0. The van der Waals surface area contributed by atoms with Gasteiger partial charge in [0.05, 0.1) is 7.11 Å². The van der Waals surface area contributed by atoms with Crippen LogP contribution in [0.4, 0.5) is 0 Å². The number of ketones is 3. The molecule has 0 aromatic heterocycles. The van der Waals surface area contributed by atoms with E-state index in [0.29, 0.717) is 60.7 Å². The first kappa shape index (κ1) is 25.4. The summed E-state index contributed by atoms with van der Waals surface area (Å²) in [6, 6.07) is 38.4. The van der Waals surface area contributed by atoms with Crippen LogP contribution in [-0.4, -0.2) is 24.5 Å². The Morgan fingerprint density at radius 1 is 0.405 bits per heavy atom. The molecule has 0 radical (unpaired) electrons. The molecule has 0 unspecified atom stereocenters. The molecule has 0 aliphatic rings. The highest BCUT2D eigenvalue weighted by Crippen LogP contribution is 2.48. The normalized spacial score (nSPS) is 11.3. The second kappa shape index (κ2) is 10.1. The fourth-order valence-electron chi connectivity index (χ4n) is 6.07. The molecule has 0 atom stereocenters. The summed E-state index contributed by atoms with van der Waals surface area (Å²) in [6.45, 7) is 0. The Labute approximate surface area is 242 Å². The van der Waals surface area contributed by atoms with E-state index >= 15 is 0 Å². The van der Waals surface area contributed by atoms with Gasteiger partial charge >= 0.3 is 0 Å². The van der Waals surface area contributed by atoms with Gasteiger partial charge in [-0.25, -0.2) is 0 Å². The zero-order valence-corrected chi connectivity index (χ0v) is 22.8. The summed E-state index contributed by atoms with van der Waals surface area (Å²) in [5, 5.41) is 3.85. The van der Waals surface area contributed by atoms with E-state index in [9.17, 15) is 14.4 Å². The standard InChI is InChI=1S/C38H24O4/c1-42-38-27-20-12-11-19-26(27)31(35(39)23-13-5-2-6-14-23)30-28-21-22-29(34(30)38)33(37(41)25-17-9-4-10-18-25)32(28)36(40)24-15-7-3-8-16-24/h2-22H,1H3. The lowest BCUT2D eigenvalue weighted by atomic mass is 9.79. The van der Waals surface area contributed by atoms with Gasteiger partial charge in [-0.05, 0) is 16.2 Å². The van der Waals surface area contributed by atoms with Gasteiger partial charge in [0.1, 0.15) is 5.75 Å². The first-order valence-electron chi connectivity index (χ1n) is 13.7. The second-order valence-corrected chi connectivity index (χ2v) is 10.2. The smallest absolute Gasteiger partial charge is 0.194 e. The lowest BCUT2D eigenvalue weighted by Crippen LogP contribution is -2.15. The molecule has 42 heavy (non-hydrogen) atoms. The van der Waals surface area contributed by atoms with Crippen molar-refractivity contribution in [3.63, 3.8) is 0 Å². The molecule has 0 saturated heterocycles. The minimum Gasteiger partial charge on any atom is -0.495 e. The molecule has 4 nitrogen and oxygen atoms in total. The Morgan fingerprint density at radius 2 is 0.786 bits per heavy atom. The second-order valence-electron chi connectivity index (χ2n) is 10.2. The van der Waals surface area contributed by atoms with Crippen LogP contribution in [0.15, 0.2) is 127 Å². The third-order valence-electron chi connectivity index (χ3n) is 7.91. The molecule has 0 spiro atoms. The number of benzene rings is 8. The molecule has 200 valence electrons. The van der Waals surface area contributed by atoms with Crippen molar-refractivity contribution in [1.82, 2.24) is 0 Å². The molecule has 8 rings (SSSR count). The molecular weight excluding hydrogens is 520 g/mol. The molecular formula is C38H24O4. The van der Waals surface area contributed by atoms with E-state index < -0.39 is 0 Å². The van der Waals surface area contributed by atoms with Crippen molar-refractivity contribution < 1.29 is 19.1 Å². The van der Waals surface area contributed by atoms with Crippen LogP contribution in [0, 0.1) is 0 Å². The number of fused-ring (bicyclic) bond motifs is 3. The van der Waals surface area contributed by atoms with Crippen LogP contribution < -0.4 is 4.74 Å². The Morgan fingerprint density at radius 3 is 1.24 bits per heavy atom. The van der Waals surface area contributed by atoms with E-state index in [2.05, 4.69) is 0 Å². The van der Waals surface area contributed by atoms with Crippen LogP contribution in [0.5, 0.6) is 5.75 Å². The largest absolute Gasteiger partial charge is 0.495 e. The van der Waals surface area contributed by atoms with E-state index in [4.69, 9.17) is 4.74 Å². The van der Waals surface area contributed by atoms with E-state index in [1.54, 1.807) is 67.8 Å². The Bertz CT molecular complexity index is 2150. The summed E-state index contributed by atoms with van der Waals surface area (Å²) < 4.78 is 6.03.